The molecule has 0 aliphatic heterocycles. The lowest BCUT2D eigenvalue weighted by molar-refractivity contribution is 0.401. The third kappa shape index (κ3) is 3.27. The van der Waals surface area contributed by atoms with E-state index in [0.717, 1.165) is 6.07 Å². The number of nitrogens with one attached hydrogen (secondary N) is 1. The van der Waals surface area contributed by atoms with Crippen molar-refractivity contribution in [3.05, 3.63) is 39.6 Å². The monoisotopic (exact) mass is 358 g/mol. The number of hydrogen-bond donors (Lipinski definition) is 2. The standard InChI is InChI=1S/C13H13BrF2N4O/c1-3-10-18-12(20-17)6(2)13(19-10)21-9-5-7(14)4-8(15)11(9)16/h4-5H,3,17H2,1-2H3,(H,18,19,20). The van der Waals surface area contributed by atoms with E-state index in [1.807, 2.05) is 6.92 Å². The van der Waals surface area contributed by atoms with Gasteiger partial charge in [0.1, 0.15) is 11.6 Å². The van der Waals surface area contributed by atoms with Gasteiger partial charge in [-0.05, 0) is 19.1 Å². The van der Waals surface area contributed by atoms with Crippen LogP contribution in [0.25, 0.3) is 0 Å². The Kier molecular flexibility index (Phi) is 4.69. The zero-order valence-electron chi connectivity index (χ0n) is 11.4. The van der Waals surface area contributed by atoms with Crippen molar-refractivity contribution in [1.29, 1.82) is 0 Å². The molecule has 0 fully saturated rings. The molecule has 2 rings (SSSR count). The van der Waals surface area contributed by atoms with Crippen LogP contribution in [0.5, 0.6) is 11.6 Å². The highest BCUT2D eigenvalue weighted by molar-refractivity contribution is 9.10. The molecule has 5 nitrogen and oxygen atoms in total. The molecule has 112 valence electrons. The molecule has 0 atom stereocenters. The Morgan fingerprint density at radius 1 is 1.33 bits per heavy atom. The van der Waals surface area contributed by atoms with Crippen molar-refractivity contribution in [2.75, 3.05) is 5.43 Å². The topological polar surface area (TPSA) is 73.1 Å². The van der Waals surface area contributed by atoms with Crippen molar-refractivity contribution in [1.82, 2.24) is 9.97 Å². The van der Waals surface area contributed by atoms with Gasteiger partial charge < -0.3 is 10.2 Å². The highest BCUT2D eigenvalue weighted by Crippen LogP contribution is 2.31. The first-order chi connectivity index (χ1) is 9.96. The molecule has 0 amide bonds. The summed E-state index contributed by atoms with van der Waals surface area (Å²) in [6.07, 6.45) is 0.542. The van der Waals surface area contributed by atoms with Crippen LogP contribution in [0.3, 0.4) is 0 Å². The first-order valence-electron chi connectivity index (χ1n) is 6.12. The minimum absolute atomic E-state index is 0.117. The zero-order chi connectivity index (χ0) is 15.6. The summed E-state index contributed by atoms with van der Waals surface area (Å²) < 4.78 is 32.9. The van der Waals surface area contributed by atoms with Crippen molar-refractivity contribution in [3.8, 4) is 11.6 Å². The van der Waals surface area contributed by atoms with Gasteiger partial charge in [0, 0.05) is 10.9 Å². The van der Waals surface area contributed by atoms with Crippen molar-refractivity contribution >= 4 is 21.7 Å². The van der Waals surface area contributed by atoms with Crippen molar-refractivity contribution < 1.29 is 13.5 Å². The second-order valence-corrected chi connectivity index (χ2v) is 5.13. The molecular weight excluding hydrogens is 346 g/mol. The maximum Gasteiger partial charge on any atom is 0.227 e. The van der Waals surface area contributed by atoms with E-state index in [1.165, 1.54) is 6.07 Å². The number of nitrogens with two attached hydrogens (primary N) is 1. The minimum Gasteiger partial charge on any atom is -0.435 e. The number of hydrazine groups is 1. The Morgan fingerprint density at radius 3 is 2.67 bits per heavy atom. The summed E-state index contributed by atoms with van der Waals surface area (Å²) in [5.41, 5.74) is 2.92. The van der Waals surface area contributed by atoms with Gasteiger partial charge in [0.05, 0.1) is 5.56 Å². The average Bonchev–Trinajstić information content (AvgIpc) is 2.46. The van der Waals surface area contributed by atoms with Crippen LogP contribution in [0.2, 0.25) is 0 Å². The lowest BCUT2D eigenvalue weighted by Gasteiger charge is -2.13. The molecule has 1 aromatic carbocycles. The highest BCUT2D eigenvalue weighted by Gasteiger charge is 2.16. The van der Waals surface area contributed by atoms with Gasteiger partial charge in [0.25, 0.3) is 0 Å². The van der Waals surface area contributed by atoms with Crippen LogP contribution in [0.1, 0.15) is 18.3 Å². The molecule has 1 aromatic heterocycles. The van der Waals surface area contributed by atoms with Crippen LogP contribution >= 0.6 is 15.9 Å². The first kappa shape index (κ1) is 15.6. The third-order valence-electron chi connectivity index (χ3n) is 2.77. The number of aromatic nitrogens is 2. The van der Waals surface area contributed by atoms with Crippen LogP contribution in [0.4, 0.5) is 14.6 Å². The molecule has 8 heteroatoms. The zero-order valence-corrected chi connectivity index (χ0v) is 13.0. The van der Waals surface area contributed by atoms with Crippen molar-refractivity contribution in [2.45, 2.75) is 20.3 Å². The van der Waals surface area contributed by atoms with Crippen LogP contribution < -0.4 is 16.0 Å². The lowest BCUT2D eigenvalue weighted by atomic mass is 10.3. The maximum atomic E-state index is 13.8. The predicted octanol–water partition coefficient (Wildman–Crippen LogP) is 3.47. The molecule has 1 heterocycles. The predicted molar refractivity (Wildman–Crippen MR) is 78.1 cm³/mol. The number of ether oxygens (including phenoxy) is 1. The summed E-state index contributed by atoms with van der Waals surface area (Å²) in [4.78, 5) is 8.33. The van der Waals surface area contributed by atoms with E-state index < -0.39 is 11.6 Å². The molecule has 0 bridgehead atoms. The maximum absolute atomic E-state index is 13.8. The summed E-state index contributed by atoms with van der Waals surface area (Å²) in [7, 11) is 0. The molecule has 2 aromatic rings. The van der Waals surface area contributed by atoms with Crippen molar-refractivity contribution in [3.63, 3.8) is 0 Å². The molecule has 0 radical (unpaired) electrons. The summed E-state index contributed by atoms with van der Waals surface area (Å²) in [5, 5.41) is 0. The molecule has 0 unspecified atom stereocenters. The van der Waals surface area contributed by atoms with Gasteiger partial charge >= 0.3 is 0 Å². The van der Waals surface area contributed by atoms with E-state index in [9.17, 15) is 8.78 Å². The van der Waals surface area contributed by atoms with E-state index in [2.05, 4.69) is 31.3 Å². The summed E-state index contributed by atoms with van der Waals surface area (Å²) >= 11 is 3.08. The fourth-order valence-corrected chi connectivity index (χ4v) is 2.06. The number of nitrogen functional groups attached to an aromatic ring is 1. The smallest absolute Gasteiger partial charge is 0.227 e. The number of aryl methyl sites for hydroxylation is 1. The van der Waals surface area contributed by atoms with E-state index in [-0.39, 0.29) is 11.6 Å². The number of rotatable bonds is 4. The Balaban J connectivity index is 2.49. The molecule has 0 aliphatic rings. The first-order valence-corrected chi connectivity index (χ1v) is 6.92. The van der Waals surface area contributed by atoms with Gasteiger partial charge in [0.2, 0.25) is 11.7 Å². The lowest BCUT2D eigenvalue weighted by Crippen LogP contribution is -2.13. The molecule has 0 saturated carbocycles. The average molecular weight is 359 g/mol. The van der Waals surface area contributed by atoms with E-state index in [4.69, 9.17) is 10.6 Å². The van der Waals surface area contributed by atoms with E-state index >= 15 is 0 Å². The third-order valence-corrected chi connectivity index (χ3v) is 3.22. The van der Waals surface area contributed by atoms with Gasteiger partial charge in [-0.2, -0.15) is 9.37 Å². The van der Waals surface area contributed by atoms with Crippen LogP contribution in [-0.2, 0) is 6.42 Å². The molecular formula is C13H13BrF2N4O. The molecule has 0 spiro atoms. The number of halogens is 3. The fraction of sp³-hybridized carbons (Fsp3) is 0.231. The highest BCUT2D eigenvalue weighted by atomic mass is 79.9. The van der Waals surface area contributed by atoms with Gasteiger partial charge in [-0.1, -0.05) is 22.9 Å². The Hall–Kier alpha value is -1.80. The summed E-state index contributed by atoms with van der Waals surface area (Å²) in [6, 6.07) is 2.33. The molecule has 21 heavy (non-hydrogen) atoms. The van der Waals surface area contributed by atoms with Gasteiger partial charge in [0.15, 0.2) is 11.6 Å². The Bertz CT molecular complexity index is 682. The Morgan fingerprint density at radius 2 is 2.05 bits per heavy atom. The number of nitrogens with zero attached hydrogens (tertiary/aromatic N) is 2. The molecule has 3 N–H and O–H groups in total. The van der Waals surface area contributed by atoms with Crippen molar-refractivity contribution in [2.24, 2.45) is 5.84 Å². The van der Waals surface area contributed by atoms with Gasteiger partial charge in [-0.15, -0.1) is 0 Å². The summed E-state index contributed by atoms with van der Waals surface area (Å²) in [5.74, 6) is 3.96. The van der Waals surface area contributed by atoms with Crippen LogP contribution in [-0.4, -0.2) is 9.97 Å². The number of hydrogen-bond acceptors (Lipinski definition) is 5. The largest absolute Gasteiger partial charge is 0.435 e. The second-order valence-electron chi connectivity index (χ2n) is 4.22. The van der Waals surface area contributed by atoms with E-state index in [0.29, 0.717) is 28.1 Å². The second kappa shape index (κ2) is 6.31. The number of benzene rings is 1. The normalized spacial score (nSPS) is 10.6. The molecule has 0 aliphatic carbocycles. The number of anilines is 1. The quantitative estimate of drug-likeness (QED) is 0.497. The minimum atomic E-state index is -1.09. The SMILES string of the molecule is CCc1nc(NN)c(C)c(Oc2cc(Br)cc(F)c2F)n1. The van der Waals surface area contributed by atoms with Crippen LogP contribution in [0.15, 0.2) is 16.6 Å². The fourth-order valence-electron chi connectivity index (χ4n) is 1.65. The van der Waals surface area contributed by atoms with Gasteiger partial charge in [-0.3, -0.25) is 0 Å². The Labute approximate surface area is 128 Å². The molecule has 0 saturated heterocycles. The van der Waals surface area contributed by atoms with Gasteiger partial charge in [-0.25, -0.2) is 15.2 Å². The van der Waals surface area contributed by atoms with Crippen LogP contribution in [0, 0.1) is 18.6 Å². The summed E-state index contributed by atoms with van der Waals surface area (Å²) in [6.45, 7) is 3.52. The van der Waals surface area contributed by atoms with E-state index in [1.54, 1.807) is 6.92 Å².